The van der Waals surface area contributed by atoms with E-state index in [0.29, 0.717) is 39.0 Å². The van der Waals surface area contributed by atoms with Crippen molar-refractivity contribution in [3.8, 4) is 12.1 Å². The van der Waals surface area contributed by atoms with Crippen molar-refractivity contribution >= 4 is 17.5 Å². The molecule has 0 saturated carbocycles. The third-order valence-electron chi connectivity index (χ3n) is 4.70. The van der Waals surface area contributed by atoms with Gasteiger partial charge in [0.25, 0.3) is 0 Å². The van der Waals surface area contributed by atoms with Gasteiger partial charge in [-0.05, 0) is 38.1 Å². The smallest absolute Gasteiger partial charge is 0.236 e. The van der Waals surface area contributed by atoms with Gasteiger partial charge in [0.2, 0.25) is 11.8 Å². The van der Waals surface area contributed by atoms with Gasteiger partial charge >= 0.3 is 0 Å². The van der Waals surface area contributed by atoms with Crippen LogP contribution in [0.5, 0.6) is 0 Å². The summed E-state index contributed by atoms with van der Waals surface area (Å²) in [5.74, 6) is -0.0885. The number of nitrogens with one attached hydrogen (secondary N) is 1. The Morgan fingerprint density at radius 2 is 1.67 bits per heavy atom. The van der Waals surface area contributed by atoms with Crippen LogP contribution in [0.25, 0.3) is 0 Å². The van der Waals surface area contributed by atoms with Crippen LogP contribution in [-0.2, 0) is 9.59 Å². The molecule has 1 fully saturated rings. The Bertz CT molecular complexity index is 681. The summed E-state index contributed by atoms with van der Waals surface area (Å²) < 4.78 is 0. The molecular formula is C20H25N5O2. The van der Waals surface area contributed by atoms with Gasteiger partial charge in [-0.1, -0.05) is 18.2 Å². The fourth-order valence-electron chi connectivity index (χ4n) is 3.14. The first-order chi connectivity index (χ1) is 13.1. The highest BCUT2D eigenvalue weighted by molar-refractivity contribution is 5.92. The molecule has 1 saturated heterocycles. The van der Waals surface area contributed by atoms with Crippen molar-refractivity contribution in [1.29, 1.82) is 10.5 Å². The summed E-state index contributed by atoms with van der Waals surface area (Å²) in [7, 11) is 0. The van der Waals surface area contributed by atoms with E-state index in [2.05, 4.69) is 5.32 Å². The molecule has 0 spiro atoms. The predicted molar refractivity (Wildman–Crippen MR) is 101 cm³/mol. The van der Waals surface area contributed by atoms with Gasteiger partial charge in [0.05, 0.1) is 31.5 Å². The molecule has 0 unspecified atom stereocenters. The first-order valence-corrected chi connectivity index (χ1v) is 9.24. The Morgan fingerprint density at radius 1 is 1.07 bits per heavy atom. The zero-order valence-electron chi connectivity index (χ0n) is 15.4. The molecule has 0 aromatic heterocycles. The average molecular weight is 367 g/mol. The number of rotatable bonds is 8. The predicted octanol–water partition coefficient (Wildman–Crippen LogP) is 1.99. The van der Waals surface area contributed by atoms with Crippen LogP contribution in [0, 0.1) is 28.6 Å². The standard InChI is InChI=1S/C20H25N5O2/c21-10-4-12-25(13-5-11-22)19(26)16-24-14-8-17(9-15-24)20(27)23-18-6-2-1-3-7-18/h1-3,6-7,17H,4-5,8-9,12-16H2,(H,23,27). The number of carbonyl (C=O) groups excluding carboxylic acids is 2. The highest BCUT2D eigenvalue weighted by Gasteiger charge is 2.27. The molecule has 0 aliphatic carbocycles. The fourth-order valence-corrected chi connectivity index (χ4v) is 3.14. The van der Waals surface area contributed by atoms with Crippen LogP contribution in [0.4, 0.5) is 5.69 Å². The Morgan fingerprint density at radius 3 is 2.22 bits per heavy atom. The van der Waals surface area contributed by atoms with Crippen molar-refractivity contribution in [1.82, 2.24) is 9.80 Å². The van der Waals surface area contributed by atoms with E-state index in [9.17, 15) is 9.59 Å². The highest BCUT2D eigenvalue weighted by atomic mass is 16.2. The van der Waals surface area contributed by atoms with Crippen LogP contribution in [0.15, 0.2) is 30.3 Å². The van der Waals surface area contributed by atoms with E-state index < -0.39 is 0 Å². The van der Waals surface area contributed by atoms with Gasteiger partial charge in [-0.25, -0.2) is 0 Å². The SMILES string of the molecule is N#CCCN(CCC#N)C(=O)CN1CCC(C(=O)Nc2ccccc2)CC1. The molecule has 1 aromatic rings. The minimum atomic E-state index is -0.0623. The fraction of sp³-hybridized carbons (Fsp3) is 0.500. The minimum absolute atomic E-state index is 0.0249. The number of likely N-dealkylation sites (tertiary alicyclic amines) is 1. The number of benzene rings is 1. The highest BCUT2D eigenvalue weighted by Crippen LogP contribution is 2.19. The maximum absolute atomic E-state index is 12.5. The Labute approximate surface area is 160 Å². The molecular weight excluding hydrogens is 342 g/mol. The molecule has 0 atom stereocenters. The molecule has 2 amide bonds. The number of nitrogens with zero attached hydrogens (tertiary/aromatic N) is 4. The maximum atomic E-state index is 12.5. The number of hydrogen-bond donors (Lipinski definition) is 1. The topological polar surface area (TPSA) is 100 Å². The van der Waals surface area contributed by atoms with Gasteiger partial charge < -0.3 is 10.2 Å². The molecule has 0 bridgehead atoms. The summed E-state index contributed by atoms with van der Waals surface area (Å²) in [6, 6.07) is 13.5. The van der Waals surface area contributed by atoms with E-state index >= 15 is 0 Å². The van der Waals surface area contributed by atoms with E-state index in [4.69, 9.17) is 10.5 Å². The van der Waals surface area contributed by atoms with Crippen molar-refractivity contribution in [3.63, 3.8) is 0 Å². The van der Waals surface area contributed by atoms with Crippen LogP contribution in [0.3, 0.4) is 0 Å². The number of piperidine rings is 1. The first-order valence-electron chi connectivity index (χ1n) is 9.24. The van der Waals surface area contributed by atoms with Crippen LogP contribution in [0.2, 0.25) is 0 Å². The van der Waals surface area contributed by atoms with Gasteiger partial charge in [0, 0.05) is 24.7 Å². The molecule has 27 heavy (non-hydrogen) atoms. The quantitative estimate of drug-likeness (QED) is 0.757. The lowest BCUT2D eigenvalue weighted by Gasteiger charge is -2.32. The van der Waals surface area contributed by atoms with Gasteiger partial charge in [-0.3, -0.25) is 14.5 Å². The molecule has 7 heteroatoms. The summed E-state index contributed by atoms with van der Waals surface area (Å²) in [5.41, 5.74) is 0.797. The van der Waals surface area contributed by atoms with E-state index in [1.54, 1.807) is 4.90 Å². The Kier molecular flexibility index (Phi) is 8.28. The number of amides is 2. The number of hydrogen-bond acceptors (Lipinski definition) is 5. The molecule has 1 aliphatic heterocycles. The van der Waals surface area contributed by atoms with Crippen molar-refractivity contribution < 1.29 is 9.59 Å². The third-order valence-corrected chi connectivity index (χ3v) is 4.70. The molecule has 2 rings (SSSR count). The zero-order valence-corrected chi connectivity index (χ0v) is 15.4. The van der Waals surface area contributed by atoms with Gasteiger partial charge in [-0.2, -0.15) is 10.5 Å². The molecule has 0 radical (unpaired) electrons. The lowest BCUT2D eigenvalue weighted by Crippen LogP contribution is -2.45. The molecule has 1 N–H and O–H groups in total. The maximum Gasteiger partial charge on any atom is 0.236 e. The molecule has 1 heterocycles. The molecule has 1 aromatic carbocycles. The van der Waals surface area contributed by atoms with Crippen LogP contribution in [0.1, 0.15) is 25.7 Å². The molecule has 7 nitrogen and oxygen atoms in total. The second-order valence-corrected chi connectivity index (χ2v) is 6.60. The lowest BCUT2D eigenvalue weighted by atomic mass is 9.95. The van der Waals surface area contributed by atoms with Gasteiger partial charge in [0.1, 0.15) is 0 Å². The summed E-state index contributed by atoms with van der Waals surface area (Å²) in [4.78, 5) is 28.5. The normalized spacial score (nSPS) is 14.7. The van der Waals surface area contributed by atoms with Gasteiger partial charge in [-0.15, -0.1) is 0 Å². The van der Waals surface area contributed by atoms with Crippen molar-refractivity contribution in [3.05, 3.63) is 30.3 Å². The first kappa shape index (κ1) is 20.4. The van der Waals surface area contributed by atoms with Crippen molar-refractivity contribution in [2.75, 3.05) is 38.0 Å². The average Bonchev–Trinajstić information content (AvgIpc) is 2.69. The largest absolute Gasteiger partial charge is 0.340 e. The Hall–Kier alpha value is -2.90. The number of nitriles is 2. The van der Waals surface area contributed by atoms with E-state index in [1.165, 1.54) is 0 Å². The monoisotopic (exact) mass is 367 g/mol. The van der Waals surface area contributed by atoms with Crippen molar-refractivity contribution in [2.45, 2.75) is 25.7 Å². The summed E-state index contributed by atoms with van der Waals surface area (Å²) in [5, 5.41) is 20.4. The van der Waals surface area contributed by atoms with E-state index in [1.807, 2.05) is 47.4 Å². The Balaban J connectivity index is 1.78. The lowest BCUT2D eigenvalue weighted by molar-refractivity contribution is -0.132. The van der Waals surface area contributed by atoms with Gasteiger partial charge in [0.15, 0.2) is 0 Å². The summed E-state index contributed by atoms with van der Waals surface area (Å²) >= 11 is 0. The molecule has 142 valence electrons. The summed E-state index contributed by atoms with van der Waals surface area (Å²) in [6.45, 7) is 2.34. The minimum Gasteiger partial charge on any atom is -0.340 e. The molecule has 1 aliphatic rings. The van der Waals surface area contributed by atoms with E-state index in [0.717, 1.165) is 5.69 Å². The van der Waals surface area contributed by atoms with Crippen LogP contribution < -0.4 is 5.32 Å². The van der Waals surface area contributed by atoms with Crippen LogP contribution in [-0.4, -0.2) is 54.3 Å². The van der Waals surface area contributed by atoms with Crippen LogP contribution >= 0.6 is 0 Å². The van der Waals surface area contributed by atoms with E-state index in [-0.39, 0.29) is 37.1 Å². The van der Waals surface area contributed by atoms with Crippen molar-refractivity contribution in [2.24, 2.45) is 5.92 Å². The number of carbonyl (C=O) groups is 2. The summed E-state index contributed by atoms with van der Waals surface area (Å²) in [6.07, 6.45) is 1.95. The number of anilines is 1. The zero-order chi connectivity index (χ0) is 19.5. The second-order valence-electron chi connectivity index (χ2n) is 6.60. The second kappa shape index (κ2) is 10.9. The third kappa shape index (κ3) is 6.73. The number of para-hydroxylation sites is 1.